The Kier molecular flexibility index (Phi) is 6.20. The van der Waals surface area contributed by atoms with Gasteiger partial charge in [0.05, 0.1) is 23.5 Å². The Labute approximate surface area is 187 Å². The molecule has 10 heteroatoms. The highest BCUT2D eigenvalue weighted by Gasteiger charge is 2.12. The van der Waals surface area contributed by atoms with Gasteiger partial charge in [0, 0.05) is 23.0 Å². The number of anilines is 1. The van der Waals surface area contributed by atoms with Gasteiger partial charge in [0.2, 0.25) is 0 Å². The molecule has 0 atom stereocenters. The molecule has 7 nitrogen and oxygen atoms in total. The topological polar surface area (TPSA) is 74.0 Å². The highest BCUT2D eigenvalue weighted by Crippen LogP contribution is 2.27. The van der Waals surface area contributed by atoms with Crippen LogP contribution in [0.1, 0.15) is 16.1 Å². The lowest BCUT2D eigenvalue weighted by Crippen LogP contribution is -2.14. The van der Waals surface area contributed by atoms with Gasteiger partial charge in [0.25, 0.3) is 5.91 Å². The molecule has 0 aliphatic rings. The zero-order valence-corrected chi connectivity index (χ0v) is 17.5. The van der Waals surface area contributed by atoms with Crippen molar-refractivity contribution in [3.05, 3.63) is 94.2 Å². The van der Waals surface area contributed by atoms with E-state index in [1.807, 2.05) is 0 Å². The number of carbonyl (C=O) groups is 1. The maximum absolute atomic E-state index is 13.8. The number of aromatic nitrogens is 4. The van der Waals surface area contributed by atoms with Crippen LogP contribution in [0.5, 0.6) is 5.75 Å². The van der Waals surface area contributed by atoms with Crippen LogP contribution < -0.4 is 10.1 Å². The molecule has 0 fully saturated rings. The highest BCUT2D eigenvalue weighted by molar-refractivity contribution is 6.35. The monoisotopic (exact) mass is 459 g/mol. The Balaban J connectivity index is 1.35. The van der Waals surface area contributed by atoms with Crippen LogP contribution >= 0.6 is 23.2 Å². The van der Waals surface area contributed by atoms with Crippen molar-refractivity contribution in [3.8, 4) is 5.75 Å². The first-order valence-electron chi connectivity index (χ1n) is 9.16. The van der Waals surface area contributed by atoms with E-state index in [-0.39, 0.29) is 24.8 Å². The third kappa shape index (κ3) is 5.22. The summed E-state index contributed by atoms with van der Waals surface area (Å²) < 4.78 is 22.4. The predicted octanol–water partition coefficient (Wildman–Crippen LogP) is 4.86. The minimum atomic E-state index is -0.409. The van der Waals surface area contributed by atoms with Crippen molar-refractivity contribution in [1.29, 1.82) is 0 Å². The van der Waals surface area contributed by atoms with Gasteiger partial charge in [-0.2, -0.15) is 10.2 Å². The van der Waals surface area contributed by atoms with E-state index in [2.05, 4.69) is 15.5 Å². The van der Waals surface area contributed by atoms with E-state index in [9.17, 15) is 9.18 Å². The molecule has 0 bridgehead atoms. The fourth-order valence-corrected chi connectivity index (χ4v) is 3.26. The third-order valence-electron chi connectivity index (χ3n) is 4.30. The van der Waals surface area contributed by atoms with Crippen molar-refractivity contribution in [3.63, 3.8) is 0 Å². The second-order valence-electron chi connectivity index (χ2n) is 6.56. The first kappa shape index (κ1) is 20.9. The first-order chi connectivity index (χ1) is 15.0. The zero-order chi connectivity index (χ0) is 21.8. The third-order valence-corrected chi connectivity index (χ3v) is 4.83. The molecule has 2 aromatic heterocycles. The number of hydrogen-bond acceptors (Lipinski definition) is 4. The molecule has 0 aliphatic carbocycles. The number of halogens is 3. The van der Waals surface area contributed by atoms with Crippen LogP contribution in [0.2, 0.25) is 10.0 Å². The summed E-state index contributed by atoms with van der Waals surface area (Å²) in [6.07, 6.45) is 4.72. The molecule has 4 aromatic rings. The lowest BCUT2D eigenvalue weighted by atomic mass is 10.2. The van der Waals surface area contributed by atoms with Crippen LogP contribution in [0.3, 0.4) is 0 Å². The van der Waals surface area contributed by atoms with Gasteiger partial charge in [-0.1, -0.05) is 41.4 Å². The van der Waals surface area contributed by atoms with Gasteiger partial charge >= 0.3 is 0 Å². The average molecular weight is 460 g/mol. The van der Waals surface area contributed by atoms with Crippen molar-refractivity contribution < 1.29 is 13.9 Å². The van der Waals surface area contributed by atoms with E-state index < -0.39 is 5.91 Å². The first-order valence-corrected chi connectivity index (χ1v) is 9.92. The minimum absolute atomic E-state index is 0.0647. The van der Waals surface area contributed by atoms with Crippen LogP contribution in [0.25, 0.3) is 0 Å². The molecule has 4 rings (SSSR count). The standard InChI is InChI=1S/C21H16Cl2FN5O2/c22-15-5-6-20(17(23)9-15)31-13-28-8-7-19(27-28)21(30)26-16-10-25-29(12-16)11-14-3-1-2-4-18(14)24/h1-10,12H,11,13H2,(H,26,30). The molecule has 2 aromatic carbocycles. The fourth-order valence-electron chi connectivity index (χ4n) is 2.79. The Hall–Kier alpha value is -3.36. The van der Waals surface area contributed by atoms with E-state index >= 15 is 0 Å². The average Bonchev–Trinajstić information content (AvgIpc) is 3.39. The molecule has 158 valence electrons. The number of ether oxygens (including phenoxy) is 1. The minimum Gasteiger partial charge on any atom is -0.470 e. The van der Waals surface area contributed by atoms with Crippen LogP contribution in [0, 0.1) is 5.82 Å². The SMILES string of the molecule is O=C(Nc1cnn(Cc2ccccc2F)c1)c1ccn(COc2ccc(Cl)cc2Cl)n1. The maximum atomic E-state index is 13.8. The second kappa shape index (κ2) is 9.20. The Bertz CT molecular complexity index is 1220. The van der Waals surface area contributed by atoms with Crippen LogP contribution in [-0.2, 0) is 13.3 Å². The van der Waals surface area contributed by atoms with Crippen molar-refractivity contribution in [2.24, 2.45) is 0 Å². The summed E-state index contributed by atoms with van der Waals surface area (Å²) in [7, 11) is 0. The molecule has 1 amide bonds. The van der Waals surface area contributed by atoms with Gasteiger partial charge in [-0.25, -0.2) is 9.07 Å². The second-order valence-corrected chi connectivity index (χ2v) is 7.40. The highest BCUT2D eigenvalue weighted by atomic mass is 35.5. The van der Waals surface area contributed by atoms with Crippen molar-refractivity contribution in [2.75, 3.05) is 5.32 Å². The molecule has 0 unspecified atom stereocenters. The fraction of sp³-hybridized carbons (Fsp3) is 0.0952. The smallest absolute Gasteiger partial charge is 0.276 e. The number of benzene rings is 2. The van der Waals surface area contributed by atoms with E-state index in [4.69, 9.17) is 27.9 Å². The molecule has 0 aliphatic heterocycles. The largest absolute Gasteiger partial charge is 0.470 e. The van der Waals surface area contributed by atoms with E-state index in [1.165, 1.54) is 21.6 Å². The molecule has 0 saturated carbocycles. The summed E-state index contributed by atoms with van der Waals surface area (Å²) in [5, 5.41) is 11.9. The van der Waals surface area contributed by atoms with Gasteiger partial charge in [0.1, 0.15) is 11.6 Å². The lowest BCUT2D eigenvalue weighted by molar-refractivity contribution is 0.102. The maximum Gasteiger partial charge on any atom is 0.276 e. The molecule has 1 N–H and O–H groups in total. The Morgan fingerprint density at radius 2 is 1.97 bits per heavy atom. The molecule has 31 heavy (non-hydrogen) atoms. The molecular formula is C21H16Cl2FN5O2. The molecule has 2 heterocycles. The normalized spacial score (nSPS) is 10.8. The Morgan fingerprint density at radius 3 is 2.77 bits per heavy atom. The molecular weight excluding hydrogens is 444 g/mol. The van der Waals surface area contributed by atoms with Crippen LogP contribution in [-0.4, -0.2) is 25.5 Å². The van der Waals surface area contributed by atoms with E-state index in [0.29, 0.717) is 27.0 Å². The summed E-state index contributed by atoms with van der Waals surface area (Å²) in [5.41, 5.74) is 1.18. The Morgan fingerprint density at radius 1 is 1.13 bits per heavy atom. The van der Waals surface area contributed by atoms with Crippen molar-refractivity contribution in [2.45, 2.75) is 13.3 Å². The zero-order valence-electron chi connectivity index (χ0n) is 16.0. The van der Waals surface area contributed by atoms with Crippen LogP contribution in [0.4, 0.5) is 10.1 Å². The van der Waals surface area contributed by atoms with Gasteiger partial charge in [-0.3, -0.25) is 9.48 Å². The van der Waals surface area contributed by atoms with Crippen molar-refractivity contribution >= 4 is 34.8 Å². The lowest BCUT2D eigenvalue weighted by Gasteiger charge is -2.08. The summed E-state index contributed by atoms with van der Waals surface area (Å²) in [6, 6.07) is 12.9. The number of nitrogens with one attached hydrogen (secondary N) is 1. The predicted molar refractivity (Wildman–Crippen MR) is 115 cm³/mol. The number of rotatable bonds is 7. The summed E-state index contributed by atoms with van der Waals surface area (Å²) in [5.74, 6) is -0.264. The van der Waals surface area contributed by atoms with E-state index in [1.54, 1.807) is 54.9 Å². The van der Waals surface area contributed by atoms with Gasteiger partial charge in [0.15, 0.2) is 12.4 Å². The number of carbonyl (C=O) groups excluding carboxylic acids is 1. The molecule has 0 saturated heterocycles. The molecule has 0 spiro atoms. The summed E-state index contributed by atoms with van der Waals surface area (Å²) in [4.78, 5) is 12.5. The molecule has 0 radical (unpaired) electrons. The van der Waals surface area contributed by atoms with Gasteiger partial charge < -0.3 is 10.1 Å². The summed E-state index contributed by atoms with van der Waals surface area (Å²) in [6.45, 7) is 0.316. The van der Waals surface area contributed by atoms with Gasteiger partial charge in [-0.05, 0) is 30.3 Å². The number of nitrogens with zero attached hydrogens (tertiary/aromatic N) is 4. The quantitative estimate of drug-likeness (QED) is 0.428. The van der Waals surface area contributed by atoms with Crippen LogP contribution in [0.15, 0.2) is 67.1 Å². The van der Waals surface area contributed by atoms with Crippen molar-refractivity contribution in [1.82, 2.24) is 19.6 Å². The van der Waals surface area contributed by atoms with Gasteiger partial charge in [-0.15, -0.1) is 0 Å². The summed E-state index contributed by atoms with van der Waals surface area (Å²) >= 11 is 11.9. The number of hydrogen-bond donors (Lipinski definition) is 1. The number of amides is 1. The van der Waals surface area contributed by atoms with E-state index in [0.717, 1.165) is 0 Å².